The molecule has 5 heteroatoms. The summed E-state index contributed by atoms with van der Waals surface area (Å²) < 4.78 is 5.17. The van der Waals surface area contributed by atoms with Crippen LogP contribution in [0.4, 0.5) is 0 Å². The predicted octanol–water partition coefficient (Wildman–Crippen LogP) is -1.76. The first-order chi connectivity index (χ1) is 5.66. The molecule has 1 saturated heterocycles. The van der Waals surface area contributed by atoms with Gasteiger partial charge in [-0.2, -0.15) is 0 Å². The summed E-state index contributed by atoms with van der Waals surface area (Å²) in [4.78, 5) is 9.92. The molecule has 0 aliphatic carbocycles. The smallest absolute Gasteiger partial charge is 0.207 e. The van der Waals surface area contributed by atoms with E-state index in [1.54, 1.807) is 6.92 Å². The van der Waals surface area contributed by atoms with E-state index in [0.717, 1.165) is 0 Å². The Balaban J connectivity index is 2.41. The van der Waals surface area contributed by atoms with Crippen LogP contribution in [0.5, 0.6) is 0 Å². The van der Waals surface area contributed by atoms with Gasteiger partial charge in [0.05, 0.1) is 6.10 Å². The molecular weight excluding hydrogens is 162 g/mol. The Bertz CT molecular complexity index is 163. The van der Waals surface area contributed by atoms with E-state index >= 15 is 0 Å². The van der Waals surface area contributed by atoms with Crippen molar-refractivity contribution in [3.05, 3.63) is 0 Å². The topological polar surface area (TPSA) is 78.8 Å². The molecule has 1 aliphatic heterocycles. The maximum Gasteiger partial charge on any atom is 0.207 e. The minimum atomic E-state index is -0.910. The second kappa shape index (κ2) is 3.84. The molecule has 3 unspecified atom stereocenters. The molecular formula is C7H13NO4. The third-order valence-electron chi connectivity index (χ3n) is 2.00. The molecule has 0 spiro atoms. The van der Waals surface area contributed by atoms with Crippen molar-refractivity contribution in [2.24, 2.45) is 0 Å². The number of aliphatic hydroxyl groups is 2. The average Bonchev–Trinajstić information content (AvgIpc) is 2.30. The van der Waals surface area contributed by atoms with E-state index in [2.05, 4.69) is 5.32 Å². The van der Waals surface area contributed by atoms with Crippen LogP contribution >= 0.6 is 0 Å². The van der Waals surface area contributed by atoms with Crippen molar-refractivity contribution in [1.29, 1.82) is 0 Å². The van der Waals surface area contributed by atoms with Crippen molar-refractivity contribution in [3.8, 4) is 0 Å². The van der Waals surface area contributed by atoms with E-state index in [1.807, 2.05) is 0 Å². The van der Waals surface area contributed by atoms with Gasteiger partial charge >= 0.3 is 0 Å². The first kappa shape index (κ1) is 9.44. The van der Waals surface area contributed by atoms with Gasteiger partial charge in [-0.15, -0.1) is 0 Å². The fourth-order valence-corrected chi connectivity index (χ4v) is 1.27. The Morgan fingerprint density at radius 3 is 2.58 bits per heavy atom. The molecule has 1 heterocycles. The standard InChI is InChI=1S/C7H13NO4/c1-4-6(10)7(11)5(12-4)2-8-3-9/h3-7,10-11H,2H2,1H3,(H,8,9)/t4?,5-,6?,7?/m1/s1. The molecule has 12 heavy (non-hydrogen) atoms. The van der Waals surface area contributed by atoms with Crippen LogP contribution in [-0.2, 0) is 9.53 Å². The molecule has 1 fully saturated rings. The lowest BCUT2D eigenvalue weighted by Gasteiger charge is -2.13. The van der Waals surface area contributed by atoms with Crippen molar-refractivity contribution in [3.63, 3.8) is 0 Å². The molecule has 1 aliphatic rings. The number of amides is 1. The zero-order valence-corrected chi connectivity index (χ0v) is 6.80. The third kappa shape index (κ3) is 1.74. The summed E-state index contributed by atoms with van der Waals surface area (Å²) in [7, 11) is 0. The van der Waals surface area contributed by atoms with E-state index < -0.39 is 18.3 Å². The van der Waals surface area contributed by atoms with Gasteiger partial charge in [-0.1, -0.05) is 0 Å². The number of carbonyl (C=O) groups excluding carboxylic acids is 1. The van der Waals surface area contributed by atoms with Crippen molar-refractivity contribution < 1.29 is 19.7 Å². The summed E-state index contributed by atoms with van der Waals surface area (Å²) in [5.74, 6) is 0. The van der Waals surface area contributed by atoms with Crippen molar-refractivity contribution in [1.82, 2.24) is 5.32 Å². The fraction of sp³-hybridized carbons (Fsp3) is 0.857. The van der Waals surface area contributed by atoms with Crippen LogP contribution in [0.1, 0.15) is 6.92 Å². The summed E-state index contributed by atoms with van der Waals surface area (Å²) in [5.41, 5.74) is 0. The first-order valence-corrected chi connectivity index (χ1v) is 3.85. The first-order valence-electron chi connectivity index (χ1n) is 3.85. The van der Waals surface area contributed by atoms with Gasteiger partial charge in [-0.3, -0.25) is 4.79 Å². The Morgan fingerprint density at radius 1 is 1.50 bits per heavy atom. The molecule has 1 rings (SSSR count). The van der Waals surface area contributed by atoms with Gasteiger partial charge in [0.2, 0.25) is 6.41 Å². The summed E-state index contributed by atoms with van der Waals surface area (Å²) >= 11 is 0. The van der Waals surface area contributed by atoms with Gasteiger partial charge in [0.15, 0.2) is 0 Å². The number of ether oxygens (including phenoxy) is 1. The average molecular weight is 175 g/mol. The van der Waals surface area contributed by atoms with Gasteiger partial charge < -0.3 is 20.3 Å². The summed E-state index contributed by atoms with van der Waals surface area (Å²) in [5, 5.41) is 21.0. The molecule has 70 valence electrons. The lowest BCUT2D eigenvalue weighted by atomic mass is 10.1. The Kier molecular flexibility index (Phi) is 3.02. The maximum atomic E-state index is 9.92. The maximum absolute atomic E-state index is 9.92. The molecule has 0 aromatic carbocycles. The van der Waals surface area contributed by atoms with Gasteiger partial charge in [0, 0.05) is 6.54 Å². The van der Waals surface area contributed by atoms with E-state index in [0.29, 0.717) is 6.41 Å². The van der Waals surface area contributed by atoms with Crippen molar-refractivity contribution in [2.75, 3.05) is 6.54 Å². The molecule has 0 radical (unpaired) electrons. The van der Waals surface area contributed by atoms with Crippen LogP contribution in [0.2, 0.25) is 0 Å². The molecule has 0 bridgehead atoms. The number of aliphatic hydroxyl groups excluding tert-OH is 2. The Hall–Kier alpha value is -0.650. The third-order valence-corrected chi connectivity index (χ3v) is 2.00. The lowest BCUT2D eigenvalue weighted by molar-refractivity contribution is -0.110. The SMILES string of the molecule is CC1O[C@H](CNC=O)C(O)C1O. The lowest BCUT2D eigenvalue weighted by Crippen LogP contribution is -2.37. The highest BCUT2D eigenvalue weighted by molar-refractivity contribution is 5.45. The molecule has 0 aromatic rings. The predicted molar refractivity (Wildman–Crippen MR) is 40.4 cm³/mol. The number of rotatable bonds is 3. The van der Waals surface area contributed by atoms with Crippen LogP contribution < -0.4 is 5.32 Å². The molecule has 4 atom stereocenters. The zero-order valence-electron chi connectivity index (χ0n) is 6.80. The second-order valence-corrected chi connectivity index (χ2v) is 2.89. The van der Waals surface area contributed by atoms with Gasteiger partial charge in [-0.05, 0) is 6.92 Å². The van der Waals surface area contributed by atoms with Crippen molar-refractivity contribution in [2.45, 2.75) is 31.3 Å². The monoisotopic (exact) mass is 175 g/mol. The van der Waals surface area contributed by atoms with Crippen molar-refractivity contribution >= 4 is 6.41 Å². The molecule has 0 aromatic heterocycles. The second-order valence-electron chi connectivity index (χ2n) is 2.89. The molecule has 0 saturated carbocycles. The number of nitrogens with one attached hydrogen (secondary N) is 1. The van der Waals surface area contributed by atoms with Crippen LogP contribution in [-0.4, -0.2) is 47.6 Å². The Labute approximate surface area is 70.3 Å². The van der Waals surface area contributed by atoms with Gasteiger partial charge in [0.25, 0.3) is 0 Å². The van der Waals surface area contributed by atoms with Gasteiger partial charge in [-0.25, -0.2) is 0 Å². The molecule has 1 amide bonds. The van der Waals surface area contributed by atoms with Gasteiger partial charge in [0.1, 0.15) is 18.3 Å². The van der Waals surface area contributed by atoms with Crippen LogP contribution in [0.25, 0.3) is 0 Å². The Morgan fingerprint density at radius 2 is 2.17 bits per heavy atom. The van der Waals surface area contributed by atoms with E-state index in [4.69, 9.17) is 4.74 Å². The van der Waals surface area contributed by atoms with Crippen LogP contribution in [0, 0.1) is 0 Å². The van der Waals surface area contributed by atoms with Crippen LogP contribution in [0.15, 0.2) is 0 Å². The summed E-state index contributed by atoms with van der Waals surface area (Å²) in [6.07, 6.45) is -2.11. The minimum Gasteiger partial charge on any atom is -0.388 e. The zero-order chi connectivity index (χ0) is 9.14. The summed E-state index contributed by atoms with van der Waals surface area (Å²) in [6.45, 7) is 1.90. The highest BCUT2D eigenvalue weighted by Crippen LogP contribution is 2.19. The number of carbonyl (C=O) groups is 1. The normalized spacial score (nSPS) is 41.2. The fourth-order valence-electron chi connectivity index (χ4n) is 1.27. The number of hydrogen-bond donors (Lipinski definition) is 3. The quantitative estimate of drug-likeness (QED) is 0.444. The highest BCUT2D eigenvalue weighted by atomic mass is 16.5. The summed E-state index contributed by atoms with van der Waals surface area (Å²) in [6, 6.07) is 0. The largest absolute Gasteiger partial charge is 0.388 e. The highest BCUT2D eigenvalue weighted by Gasteiger charge is 2.39. The van der Waals surface area contributed by atoms with Crippen LogP contribution in [0.3, 0.4) is 0 Å². The number of hydrogen-bond acceptors (Lipinski definition) is 4. The van der Waals surface area contributed by atoms with E-state index in [1.165, 1.54) is 0 Å². The molecule has 5 nitrogen and oxygen atoms in total. The minimum absolute atomic E-state index is 0.228. The van der Waals surface area contributed by atoms with E-state index in [-0.39, 0.29) is 12.6 Å². The molecule has 3 N–H and O–H groups in total. The van der Waals surface area contributed by atoms with E-state index in [9.17, 15) is 15.0 Å².